The maximum atomic E-state index is 5.77. The molecule has 0 amide bonds. The van der Waals surface area contributed by atoms with E-state index in [4.69, 9.17) is 4.74 Å². The maximum Gasteiger partial charge on any atom is 0.0613 e. The number of anilines is 1. The second kappa shape index (κ2) is 7.28. The molecule has 116 valence electrons. The zero-order chi connectivity index (χ0) is 14.5. The third-order valence-electron chi connectivity index (χ3n) is 4.91. The summed E-state index contributed by atoms with van der Waals surface area (Å²) in [6.07, 6.45) is 5.47. The smallest absolute Gasteiger partial charge is 0.0613 e. The maximum absolute atomic E-state index is 5.77. The summed E-state index contributed by atoms with van der Waals surface area (Å²) in [5, 5.41) is 3.67. The van der Waals surface area contributed by atoms with Crippen LogP contribution in [0.3, 0.4) is 0 Å². The Kier molecular flexibility index (Phi) is 5.15. The first-order chi connectivity index (χ1) is 10.4. The lowest BCUT2D eigenvalue weighted by atomic mass is 9.99. The fourth-order valence-corrected chi connectivity index (χ4v) is 3.70. The van der Waals surface area contributed by atoms with Gasteiger partial charge in [0.15, 0.2) is 0 Å². The predicted molar refractivity (Wildman–Crippen MR) is 87.7 cm³/mol. The quantitative estimate of drug-likeness (QED) is 0.870. The summed E-state index contributed by atoms with van der Waals surface area (Å²) in [6, 6.07) is 8.86. The minimum Gasteiger partial charge on any atom is -0.378 e. The van der Waals surface area contributed by atoms with Crippen molar-refractivity contribution in [3.8, 4) is 0 Å². The van der Waals surface area contributed by atoms with Crippen LogP contribution in [-0.2, 0) is 11.3 Å². The molecule has 1 N–H and O–H groups in total. The average Bonchev–Trinajstić information content (AvgIpc) is 3.19. The van der Waals surface area contributed by atoms with Crippen LogP contribution in [0.1, 0.15) is 38.2 Å². The van der Waals surface area contributed by atoms with Gasteiger partial charge in [0.05, 0.1) is 6.10 Å². The molecule has 2 heterocycles. The number of rotatable bonds is 6. The van der Waals surface area contributed by atoms with Crippen molar-refractivity contribution < 1.29 is 4.74 Å². The molecule has 1 aromatic rings. The van der Waals surface area contributed by atoms with E-state index in [1.165, 1.54) is 43.6 Å². The van der Waals surface area contributed by atoms with E-state index in [0.717, 1.165) is 26.1 Å². The van der Waals surface area contributed by atoms with Crippen LogP contribution in [0.25, 0.3) is 0 Å². The Morgan fingerprint density at radius 3 is 2.86 bits per heavy atom. The third kappa shape index (κ3) is 3.58. The van der Waals surface area contributed by atoms with E-state index >= 15 is 0 Å². The Morgan fingerprint density at radius 2 is 2.05 bits per heavy atom. The van der Waals surface area contributed by atoms with Gasteiger partial charge in [-0.05, 0) is 43.2 Å². The van der Waals surface area contributed by atoms with E-state index in [1.807, 2.05) is 0 Å². The highest BCUT2D eigenvalue weighted by molar-refractivity contribution is 5.54. The van der Waals surface area contributed by atoms with Gasteiger partial charge in [-0.2, -0.15) is 0 Å². The molecule has 0 radical (unpaired) electrons. The number of hydrogen-bond donors (Lipinski definition) is 1. The van der Waals surface area contributed by atoms with E-state index in [-0.39, 0.29) is 0 Å². The van der Waals surface area contributed by atoms with Gasteiger partial charge in [0, 0.05) is 38.5 Å². The Labute approximate surface area is 128 Å². The summed E-state index contributed by atoms with van der Waals surface area (Å²) in [5.41, 5.74) is 2.86. The van der Waals surface area contributed by atoms with E-state index in [2.05, 4.69) is 41.4 Å². The molecular formula is C18H28N2O. The van der Waals surface area contributed by atoms with Crippen LogP contribution in [0.4, 0.5) is 5.69 Å². The van der Waals surface area contributed by atoms with E-state index in [0.29, 0.717) is 12.0 Å². The van der Waals surface area contributed by atoms with Crippen LogP contribution in [0.2, 0.25) is 0 Å². The molecule has 0 aromatic heterocycles. The monoisotopic (exact) mass is 288 g/mol. The van der Waals surface area contributed by atoms with Crippen molar-refractivity contribution in [2.45, 2.75) is 45.3 Å². The Hall–Kier alpha value is -1.06. The molecule has 2 aliphatic heterocycles. The van der Waals surface area contributed by atoms with Crippen molar-refractivity contribution in [2.75, 3.05) is 31.1 Å². The summed E-state index contributed by atoms with van der Waals surface area (Å²) in [7, 11) is 0. The van der Waals surface area contributed by atoms with E-state index in [1.54, 1.807) is 0 Å². The van der Waals surface area contributed by atoms with Crippen molar-refractivity contribution in [1.29, 1.82) is 0 Å². The molecule has 0 spiro atoms. The summed E-state index contributed by atoms with van der Waals surface area (Å²) in [5.74, 6) is 0.689. The number of para-hydroxylation sites is 1. The molecule has 0 aliphatic carbocycles. The summed E-state index contributed by atoms with van der Waals surface area (Å²) in [4.78, 5) is 2.53. The van der Waals surface area contributed by atoms with Crippen LogP contribution >= 0.6 is 0 Å². The fourth-order valence-electron chi connectivity index (χ4n) is 3.70. The van der Waals surface area contributed by atoms with Gasteiger partial charge in [0.25, 0.3) is 0 Å². The van der Waals surface area contributed by atoms with Crippen LogP contribution in [0, 0.1) is 5.92 Å². The number of nitrogens with zero attached hydrogens (tertiary/aromatic N) is 1. The zero-order valence-corrected chi connectivity index (χ0v) is 13.2. The number of hydrogen-bond acceptors (Lipinski definition) is 3. The highest BCUT2D eigenvalue weighted by Gasteiger charge is 2.26. The normalized spacial score (nSPS) is 25.7. The highest BCUT2D eigenvalue weighted by atomic mass is 16.5. The SMILES string of the molecule is CCC1OCCC1CNCc1ccccc1N1CCCC1. The molecule has 21 heavy (non-hydrogen) atoms. The number of ether oxygens (including phenoxy) is 1. The predicted octanol–water partition coefficient (Wildman–Crippen LogP) is 3.19. The molecule has 3 nitrogen and oxygen atoms in total. The van der Waals surface area contributed by atoms with E-state index < -0.39 is 0 Å². The molecule has 2 atom stereocenters. The van der Waals surface area contributed by atoms with Crippen LogP contribution in [-0.4, -0.2) is 32.3 Å². The second-order valence-electron chi connectivity index (χ2n) is 6.32. The van der Waals surface area contributed by atoms with E-state index in [9.17, 15) is 0 Å². The van der Waals surface area contributed by atoms with Crippen molar-refractivity contribution >= 4 is 5.69 Å². The molecule has 0 saturated carbocycles. The minimum atomic E-state index is 0.464. The lowest BCUT2D eigenvalue weighted by molar-refractivity contribution is 0.0872. The molecule has 3 rings (SSSR count). The second-order valence-corrected chi connectivity index (χ2v) is 6.32. The minimum absolute atomic E-state index is 0.464. The topological polar surface area (TPSA) is 24.5 Å². The molecular weight excluding hydrogens is 260 g/mol. The summed E-state index contributed by atoms with van der Waals surface area (Å²) < 4.78 is 5.77. The van der Waals surface area contributed by atoms with Crippen molar-refractivity contribution in [3.63, 3.8) is 0 Å². The van der Waals surface area contributed by atoms with Crippen LogP contribution < -0.4 is 10.2 Å². The number of benzene rings is 1. The first-order valence-corrected chi connectivity index (χ1v) is 8.53. The van der Waals surface area contributed by atoms with Gasteiger partial charge in [0.2, 0.25) is 0 Å². The van der Waals surface area contributed by atoms with Crippen molar-refractivity contribution in [1.82, 2.24) is 5.32 Å². The van der Waals surface area contributed by atoms with Gasteiger partial charge in [-0.15, -0.1) is 0 Å². The highest BCUT2D eigenvalue weighted by Crippen LogP contribution is 2.25. The summed E-state index contributed by atoms with van der Waals surface area (Å²) >= 11 is 0. The standard InChI is InChI=1S/C18H28N2O/c1-2-18-16(9-12-21-18)14-19-13-15-7-3-4-8-17(15)20-10-5-6-11-20/h3-4,7-8,16,18-19H,2,5-6,9-14H2,1H3. The molecule has 0 bridgehead atoms. The number of nitrogens with one attached hydrogen (secondary N) is 1. The first-order valence-electron chi connectivity index (χ1n) is 8.53. The lowest BCUT2D eigenvalue weighted by Gasteiger charge is -2.22. The fraction of sp³-hybridized carbons (Fsp3) is 0.667. The Balaban J connectivity index is 1.55. The summed E-state index contributed by atoms with van der Waals surface area (Å²) in [6.45, 7) is 7.64. The van der Waals surface area contributed by atoms with Gasteiger partial charge < -0.3 is 15.0 Å². The van der Waals surface area contributed by atoms with Crippen molar-refractivity contribution in [3.05, 3.63) is 29.8 Å². The molecule has 2 saturated heterocycles. The molecule has 2 unspecified atom stereocenters. The molecule has 3 heteroatoms. The van der Waals surface area contributed by atoms with Gasteiger partial charge >= 0.3 is 0 Å². The molecule has 1 aromatic carbocycles. The molecule has 2 fully saturated rings. The largest absolute Gasteiger partial charge is 0.378 e. The van der Waals surface area contributed by atoms with Gasteiger partial charge in [0.1, 0.15) is 0 Å². The first kappa shape index (κ1) is 14.9. The average molecular weight is 288 g/mol. The Morgan fingerprint density at radius 1 is 1.24 bits per heavy atom. The zero-order valence-electron chi connectivity index (χ0n) is 13.2. The van der Waals surface area contributed by atoms with Crippen molar-refractivity contribution in [2.24, 2.45) is 5.92 Å². The lowest BCUT2D eigenvalue weighted by Crippen LogP contribution is -2.28. The van der Waals surface area contributed by atoms with Gasteiger partial charge in [-0.25, -0.2) is 0 Å². The van der Waals surface area contributed by atoms with Gasteiger partial charge in [-0.3, -0.25) is 0 Å². The Bertz CT molecular complexity index is 443. The van der Waals surface area contributed by atoms with Crippen LogP contribution in [0.5, 0.6) is 0 Å². The molecule has 2 aliphatic rings. The third-order valence-corrected chi connectivity index (χ3v) is 4.91. The van der Waals surface area contributed by atoms with Gasteiger partial charge in [-0.1, -0.05) is 25.1 Å². The van der Waals surface area contributed by atoms with Crippen LogP contribution in [0.15, 0.2) is 24.3 Å².